The Balaban J connectivity index is 2.07. The average molecular weight is 289 g/mol. The summed E-state index contributed by atoms with van der Waals surface area (Å²) in [5.74, 6) is 0.152. The molecule has 1 amide bonds. The second kappa shape index (κ2) is 4.96. The number of nitrogens with one attached hydrogen (secondary N) is 1. The van der Waals surface area contributed by atoms with Crippen molar-refractivity contribution in [1.82, 2.24) is 5.32 Å². The van der Waals surface area contributed by atoms with E-state index in [1.54, 1.807) is 0 Å². The highest BCUT2D eigenvalue weighted by molar-refractivity contribution is 7.91. The number of sulfonamides is 1. The van der Waals surface area contributed by atoms with Gasteiger partial charge in [-0.2, -0.15) is 0 Å². The molecule has 100 valence electrons. The minimum atomic E-state index is -3.74. The predicted octanol–water partition coefficient (Wildman–Crippen LogP) is -0.137. The van der Waals surface area contributed by atoms with Crippen LogP contribution in [-0.4, -0.2) is 26.9 Å². The van der Waals surface area contributed by atoms with Crippen LogP contribution in [0.5, 0.6) is 0 Å². The lowest BCUT2D eigenvalue weighted by Crippen LogP contribution is -2.41. The number of carbonyl (C=O) groups is 1. The van der Waals surface area contributed by atoms with Crippen molar-refractivity contribution in [3.63, 3.8) is 0 Å². The lowest BCUT2D eigenvalue weighted by atomic mass is 10.2. The predicted molar refractivity (Wildman–Crippen MR) is 68.7 cm³/mol. The summed E-state index contributed by atoms with van der Waals surface area (Å²) in [4.78, 5) is 11.9. The standard InChI is InChI=1S/C10H15N3O3S2/c11-4-8(6-1-2-6)13-10(14)7-3-9(17-5-7)18(12,15)16/h3,5-6,8H,1-2,4,11H2,(H,13,14)(H2,12,15,16). The van der Waals surface area contributed by atoms with Crippen molar-refractivity contribution in [1.29, 1.82) is 0 Å². The van der Waals surface area contributed by atoms with Crippen molar-refractivity contribution in [2.24, 2.45) is 16.8 Å². The van der Waals surface area contributed by atoms with Crippen LogP contribution in [0, 0.1) is 5.92 Å². The van der Waals surface area contributed by atoms with Gasteiger partial charge in [0.2, 0.25) is 10.0 Å². The molecular formula is C10H15N3O3S2. The maximum Gasteiger partial charge on any atom is 0.252 e. The third-order valence-electron chi connectivity index (χ3n) is 2.88. The van der Waals surface area contributed by atoms with Gasteiger partial charge in [-0.05, 0) is 24.8 Å². The van der Waals surface area contributed by atoms with Crippen LogP contribution in [0.15, 0.2) is 15.7 Å². The Labute approximate surface area is 109 Å². The molecular weight excluding hydrogens is 274 g/mol. The second-order valence-corrected chi connectivity index (χ2v) is 7.05. The fraction of sp³-hybridized carbons (Fsp3) is 0.500. The van der Waals surface area contributed by atoms with Gasteiger partial charge in [-0.25, -0.2) is 13.6 Å². The molecule has 8 heteroatoms. The van der Waals surface area contributed by atoms with E-state index in [4.69, 9.17) is 10.9 Å². The number of hydrogen-bond donors (Lipinski definition) is 3. The lowest BCUT2D eigenvalue weighted by Gasteiger charge is -2.15. The average Bonchev–Trinajstić information content (AvgIpc) is 2.99. The van der Waals surface area contributed by atoms with Gasteiger partial charge in [0.1, 0.15) is 4.21 Å². The molecule has 1 unspecified atom stereocenters. The largest absolute Gasteiger partial charge is 0.348 e. The van der Waals surface area contributed by atoms with Crippen molar-refractivity contribution in [2.45, 2.75) is 23.1 Å². The summed E-state index contributed by atoms with van der Waals surface area (Å²) in [5, 5.41) is 9.29. The van der Waals surface area contributed by atoms with Crippen LogP contribution >= 0.6 is 11.3 Å². The third kappa shape index (κ3) is 3.08. The molecule has 0 saturated heterocycles. The van der Waals surface area contributed by atoms with Crippen LogP contribution in [0.3, 0.4) is 0 Å². The van der Waals surface area contributed by atoms with Crippen molar-refractivity contribution in [2.75, 3.05) is 6.54 Å². The first-order valence-electron chi connectivity index (χ1n) is 5.54. The molecule has 1 heterocycles. The summed E-state index contributed by atoms with van der Waals surface area (Å²) in [6.45, 7) is 0.391. The quantitative estimate of drug-likeness (QED) is 0.699. The molecule has 18 heavy (non-hydrogen) atoms. The fourth-order valence-electron chi connectivity index (χ4n) is 1.70. The molecule has 1 atom stereocenters. The molecule has 2 rings (SSSR count). The van der Waals surface area contributed by atoms with Crippen LogP contribution in [0.4, 0.5) is 0 Å². The molecule has 0 aromatic carbocycles. The number of thiophene rings is 1. The number of carbonyl (C=O) groups excluding carboxylic acids is 1. The van der Waals surface area contributed by atoms with Gasteiger partial charge in [-0.15, -0.1) is 11.3 Å². The van der Waals surface area contributed by atoms with E-state index >= 15 is 0 Å². The van der Waals surface area contributed by atoms with Crippen molar-refractivity contribution in [3.05, 3.63) is 17.0 Å². The Bertz CT molecular complexity index is 548. The van der Waals surface area contributed by atoms with Gasteiger partial charge < -0.3 is 11.1 Å². The van der Waals surface area contributed by atoms with Crippen LogP contribution in [0.1, 0.15) is 23.2 Å². The Kier molecular flexibility index (Phi) is 3.71. The summed E-state index contributed by atoms with van der Waals surface area (Å²) < 4.78 is 22.2. The molecule has 0 aliphatic heterocycles. The summed E-state index contributed by atoms with van der Waals surface area (Å²) in [7, 11) is -3.74. The van der Waals surface area contributed by atoms with E-state index in [-0.39, 0.29) is 16.2 Å². The molecule has 0 bridgehead atoms. The van der Waals surface area contributed by atoms with E-state index in [0.29, 0.717) is 18.0 Å². The van der Waals surface area contributed by atoms with Gasteiger partial charge in [-0.1, -0.05) is 0 Å². The van der Waals surface area contributed by atoms with Crippen molar-refractivity contribution in [3.8, 4) is 0 Å². The smallest absolute Gasteiger partial charge is 0.252 e. The lowest BCUT2D eigenvalue weighted by molar-refractivity contribution is 0.0934. The molecule has 1 aromatic rings. The molecule has 1 fully saturated rings. The third-order valence-corrected chi connectivity index (χ3v) is 5.27. The summed E-state index contributed by atoms with van der Waals surface area (Å²) >= 11 is 0.938. The molecule has 1 aliphatic carbocycles. The van der Waals surface area contributed by atoms with Gasteiger partial charge in [0.25, 0.3) is 5.91 Å². The Hall–Kier alpha value is -0.960. The summed E-state index contributed by atoms with van der Waals surface area (Å²) in [5.41, 5.74) is 5.89. The van der Waals surface area contributed by atoms with Crippen LogP contribution in [0.25, 0.3) is 0 Å². The van der Waals surface area contributed by atoms with Gasteiger partial charge in [0.05, 0.1) is 5.56 Å². The molecule has 0 radical (unpaired) electrons. The topological polar surface area (TPSA) is 115 Å². The monoisotopic (exact) mass is 289 g/mol. The zero-order chi connectivity index (χ0) is 13.3. The Morgan fingerprint density at radius 3 is 2.67 bits per heavy atom. The minimum absolute atomic E-state index is 0.0108. The number of primary sulfonamides is 1. The summed E-state index contributed by atoms with van der Waals surface area (Å²) in [6.07, 6.45) is 2.16. The van der Waals surface area contributed by atoms with Crippen molar-refractivity contribution >= 4 is 27.3 Å². The molecule has 1 aliphatic rings. The highest BCUT2D eigenvalue weighted by atomic mass is 32.2. The zero-order valence-corrected chi connectivity index (χ0v) is 11.3. The maximum atomic E-state index is 11.9. The van der Waals surface area contributed by atoms with Gasteiger partial charge in [-0.3, -0.25) is 4.79 Å². The highest BCUT2D eigenvalue weighted by Gasteiger charge is 2.31. The van der Waals surface area contributed by atoms with Gasteiger partial charge in [0.15, 0.2) is 0 Å². The highest BCUT2D eigenvalue weighted by Crippen LogP contribution is 2.32. The normalized spacial score (nSPS) is 17.4. The van der Waals surface area contributed by atoms with E-state index in [9.17, 15) is 13.2 Å². The van der Waals surface area contributed by atoms with Crippen LogP contribution < -0.4 is 16.2 Å². The van der Waals surface area contributed by atoms with E-state index in [1.165, 1.54) is 11.4 Å². The SMILES string of the molecule is NCC(NC(=O)c1csc(S(N)(=O)=O)c1)C1CC1. The van der Waals surface area contributed by atoms with Gasteiger partial charge >= 0.3 is 0 Å². The van der Waals surface area contributed by atoms with E-state index in [1.807, 2.05) is 0 Å². The molecule has 6 nitrogen and oxygen atoms in total. The number of rotatable bonds is 5. The van der Waals surface area contributed by atoms with E-state index < -0.39 is 10.0 Å². The van der Waals surface area contributed by atoms with Gasteiger partial charge in [0, 0.05) is 18.0 Å². The first-order valence-corrected chi connectivity index (χ1v) is 7.96. The minimum Gasteiger partial charge on any atom is -0.348 e. The molecule has 1 saturated carbocycles. The Morgan fingerprint density at radius 2 is 2.22 bits per heavy atom. The molecule has 5 N–H and O–H groups in total. The fourth-order valence-corrected chi connectivity index (χ4v) is 3.29. The second-order valence-electron chi connectivity index (χ2n) is 4.35. The van der Waals surface area contributed by atoms with Crippen LogP contribution in [0.2, 0.25) is 0 Å². The molecule has 1 aromatic heterocycles. The zero-order valence-electron chi connectivity index (χ0n) is 9.63. The maximum absolute atomic E-state index is 11.9. The van der Waals surface area contributed by atoms with Crippen molar-refractivity contribution < 1.29 is 13.2 Å². The van der Waals surface area contributed by atoms with E-state index in [2.05, 4.69) is 5.32 Å². The first kappa shape index (κ1) is 13.5. The molecule has 0 spiro atoms. The number of amides is 1. The number of nitrogens with two attached hydrogens (primary N) is 2. The van der Waals surface area contributed by atoms with Crippen LogP contribution in [-0.2, 0) is 10.0 Å². The first-order chi connectivity index (χ1) is 8.41. The summed E-state index contributed by atoms with van der Waals surface area (Å²) in [6, 6.07) is 1.26. The number of hydrogen-bond acceptors (Lipinski definition) is 5. The Morgan fingerprint density at radius 1 is 1.56 bits per heavy atom. The van der Waals surface area contributed by atoms with E-state index in [0.717, 1.165) is 24.2 Å².